The molecule has 0 rings (SSSR count). The first kappa shape index (κ1) is 10.6. The molecule has 2 nitrogen and oxygen atoms in total. The molecule has 0 amide bonds. The van der Waals surface area contributed by atoms with Gasteiger partial charge in [0.05, 0.1) is 0 Å². The molecule has 1 unspecified atom stereocenters. The molecule has 0 saturated carbocycles. The normalized spacial score (nSPS) is 16.5. The quantitative estimate of drug-likeness (QED) is 0.401. The minimum atomic E-state index is -0.00540. The Labute approximate surface area is 71.0 Å². The van der Waals surface area contributed by atoms with Gasteiger partial charge in [-0.3, -0.25) is 4.31 Å². The first-order chi connectivity index (χ1) is 4.57. The number of rotatable bonds is 4. The second-order valence-corrected chi connectivity index (χ2v) is 6.91. The zero-order valence-corrected chi connectivity index (χ0v) is 9.17. The predicted molar refractivity (Wildman–Crippen MR) is 54.5 cm³/mol. The zero-order chi connectivity index (χ0) is 8.15. The van der Waals surface area contributed by atoms with Crippen LogP contribution in [0.1, 0.15) is 6.92 Å². The zero-order valence-electron chi connectivity index (χ0n) is 7.46. The Morgan fingerprint density at radius 2 is 1.80 bits per heavy atom. The highest BCUT2D eigenvalue weighted by Crippen LogP contribution is 2.39. The molecule has 0 aromatic rings. The lowest BCUT2D eigenvalue weighted by atomic mass is 10.8. The lowest BCUT2D eigenvalue weighted by Gasteiger charge is -2.27. The fourth-order valence-corrected chi connectivity index (χ4v) is 3.63. The number of nitrogens with zero attached hydrogens (tertiary/aromatic N) is 2. The van der Waals surface area contributed by atoms with Crippen LogP contribution in [0.2, 0.25) is 0 Å². The lowest BCUT2D eigenvalue weighted by molar-refractivity contribution is 0.601. The average molecular weight is 182 g/mol. The van der Waals surface area contributed by atoms with Crippen LogP contribution in [-0.4, -0.2) is 42.6 Å². The highest BCUT2D eigenvalue weighted by atomic mass is 33.1. The maximum absolute atomic E-state index is 2.38. The first-order valence-corrected chi connectivity index (χ1v) is 6.50. The number of hydrogen-bond donors (Lipinski definition) is 1. The van der Waals surface area contributed by atoms with Gasteiger partial charge in [-0.25, -0.2) is 4.31 Å². The molecule has 64 valence electrons. The largest absolute Gasteiger partial charge is 0.264 e. The van der Waals surface area contributed by atoms with Crippen LogP contribution >= 0.6 is 21.1 Å². The first-order valence-electron chi connectivity index (χ1n) is 3.38. The van der Waals surface area contributed by atoms with E-state index >= 15 is 0 Å². The van der Waals surface area contributed by atoms with Crippen molar-refractivity contribution in [3.8, 4) is 0 Å². The molecule has 0 aliphatic heterocycles. The Kier molecular flexibility index (Phi) is 5.62. The second kappa shape index (κ2) is 5.29. The summed E-state index contributed by atoms with van der Waals surface area (Å²) in [5.74, 6) is 0. The standard InChI is InChI=1S/C6H18N2S2/c1-6-8(4)10(5)9-7(2)3/h10H,6H2,1-5H3. The van der Waals surface area contributed by atoms with Crippen LogP contribution in [0.5, 0.6) is 0 Å². The molecular formula is C6H18N2S2. The van der Waals surface area contributed by atoms with Crippen LogP contribution in [-0.2, 0) is 0 Å². The summed E-state index contributed by atoms with van der Waals surface area (Å²) >= 11 is 0. The molecule has 0 spiro atoms. The van der Waals surface area contributed by atoms with E-state index in [1.165, 1.54) is 0 Å². The predicted octanol–water partition coefficient (Wildman–Crippen LogP) is 1.61. The molecule has 0 aromatic heterocycles. The topological polar surface area (TPSA) is 6.48 Å². The van der Waals surface area contributed by atoms with Crippen LogP contribution in [0.3, 0.4) is 0 Å². The molecule has 10 heavy (non-hydrogen) atoms. The van der Waals surface area contributed by atoms with E-state index in [1.54, 1.807) is 0 Å². The molecule has 4 heteroatoms. The van der Waals surface area contributed by atoms with Gasteiger partial charge in [-0.2, -0.15) is 0 Å². The van der Waals surface area contributed by atoms with E-state index in [2.05, 4.69) is 42.9 Å². The highest BCUT2D eigenvalue weighted by Gasteiger charge is 2.03. The van der Waals surface area contributed by atoms with Gasteiger partial charge in [0.15, 0.2) is 0 Å². The summed E-state index contributed by atoms with van der Waals surface area (Å²) in [6.45, 7) is 3.33. The van der Waals surface area contributed by atoms with E-state index in [1.807, 2.05) is 11.0 Å². The molecule has 0 aromatic carbocycles. The molecular weight excluding hydrogens is 164 g/mol. The molecule has 0 radical (unpaired) electrons. The minimum absolute atomic E-state index is 0.00540. The molecule has 0 saturated heterocycles. The Balaban J connectivity index is 3.50. The summed E-state index contributed by atoms with van der Waals surface area (Å²) in [5, 5.41) is 0. The highest BCUT2D eigenvalue weighted by molar-refractivity contribution is 8.83. The van der Waals surface area contributed by atoms with Gasteiger partial charge >= 0.3 is 0 Å². The van der Waals surface area contributed by atoms with Crippen molar-refractivity contribution < 1.29 is 0 Å². The summed E-state index contributed by atoms with van der Waals surface area (Å²) < 4.78 is 4.54. The molecule has 0 bridgehead atoms. The summed E-state index contributed by atoms with van der Waals surface area (Å²) in [4.78, 5) is 0. The maximum Gasteiger partial charge on any atom is 0.00484 e. The van der Waals surface area contributed by atoms with Gasteiger partial charge in [-0.15, -0.1) is 10.1 Å². The molecule has 1 atom stereocenters. The van der Waals surface area contributed by atoms with Crippen molar-refractivity contribution in [3.63, 3.8) is 0 Å². The Bertz CT molecular complexity index is 87.8. The molecule has 0 aliphatic rings. The van der Waals surface area contributed by atoms with Crippen LogP contribution in [0.15, 0.2) is 0 Å². The van der Waals surface area contributed by atoms with Gasteiger partial charge in [0.2, 0.25) is 0 Å². The fourth-order valence-electron chi connectivity index (χ4n) is 0.498. The summed E-state index contributed by atoms with van der Waals surface area (Å²) in [7, 11) is 8.26. The second-order valence-electron chi connectivity index (χ2n) is 2.33. The smallest absolute Gasteiger partial charge is 0.00484 e. The van der Waals surface area contributed by atoms with Crippen molar-refractivity contribution in [2.24, 2.45) is 0 Å². The third-order valence-electron chi connectivity index (χ3n) is 1.22. The van der Waals surface area contributed by atoms with E-state index in [-0.39, 0.29) is 10.1 Å². The van der Waals surface area contributed by atoms with E-state index in [0.717, 1.165) is 6.54 Å². The molecule has 0 fully saturated rings. The van der Waals surface area contributed by atoms with E-state index in [9.17, 15) is 0 Å². The summed E-state index contributed by atoms with van der Waals surface area (Å²) in [5.41, 5.74) is 0. The van der Waals surface area contributed by atoms with Gasteiger partial charge in [0.25, 0.3) is 0 Å². The van der Waals surface area contributed by atoms with E-state index in [0.29, 0.717) is 0 Å². The minimum Gasteiger partial charge on any atom is -0.264 e. The Morgan fingerprint density at radius 3 is 2.10 bits per heavy atom. The van der Waals surface area contributed by atoms with Crippen LogP contribution < -0.4 is 0 Å². The molecule has 0 heterocycles. The van der Waals surface area contributed by atoms with Crippen molar-refractivity contribution in [3.05, 3.63) is 0 Å². The fraction of sp³-hybridized carbons (Fsp3) is 1.00. The van der Waals surface area contributed by atoms with Crippen LogP contribution in [0, 0.1) is 0 Å². The summed E-state index contributed by atoms with van der Waals surface area (Å²) in [6, 6.07) is 0. The average Bonchev–Trinajstić information content (AvgIpc) is 1.85. The van der Waals surface area contributed by atoms with Crippen LogP contribution in [0.25, 0.3) is 0 Å². The number of hydrogen-bond acceptors (Lipinski definition) is 3. The SMILES string of the molecule is CCN(C)[SH](C)SN(C)C. The lowest BCUT2D eigenvalue weighted by Crippen LogP contribution is -2.13. The van der Waals surface area contributed by atoms with Gasteiger partial charge in [0.1, 0.15) is 0 Å². The van der Waals surface area contributed by atoms with E-state index in [4.69, 9.17) is 0 Å². The van der Waals surface area contributed by atoms with Gasteiger partial charge in [0, 0.05) is 6.54 Å². The van der Waals surface area contributed by atoms with E-state index < -0.39 is 0 Å². The van der Waals surface area contributed by atoms with Gasteiger partial charge < -0.3 is 0 Å². The van der Waals surface area contributed by atoms with Crippen molar-refractivity contribution in [2.75, 3.05) is 33.9 Å². The van der Waals surface area contributed by atoms with Crippen molar-refractivity contribution in [1.82, 2.24) is 8.61 Å². The monoisotopic (exact) mass is 182 g/mol. The molecule has 0 aliphatic carbocycles. The van der Waals surface area contributed by atoms with Gasteiger partial charge in [-0.05, 0) is 38.4 Å². The Hall–Kier alpha value is 0.620. The number of thiol groups is 1. The summed E-state index contributed by atoms with van der Waals surface area (Å²) in [6.07, 6.45) is 2.28. The Morgan fingerprint density at radius 1 is 1.30 bits per heavy atom. The third-order valence-corrected chi connectivity index (χ3v) is 5.55. The third kappa shape index (κ3) is 4.44. The van der Waals surface area contributed by atoms with Crippen LogP contribution in [0.4, 0.5) is 0 Å². The molecule has 0 N–H and O–H groups in total. The van der Waals surface area contributed by atoms with Crippen molar-refractivity contribution in [1.29, 1.82) is 0 Å². The maximum atomic E-state index is 2.38. The van der Waals surface area contributed by atoms with Gasteiger partial charge in [-0.1, -0.05) is 6.92 Å². The van der Waals surface area contributed by atoms with Crippen molar-refractivity contribution >= 4 is 21.1 Å². The van der Waals surface area contributed by atoms with Crippen molar-refractivity contribution in [2.45, 2.75) is 6.92 Å².